The van der Waals surface area contributed by atoms with Gasteiger partial charge in [-0.05, 0) is 84.5 Å². The first kappa shape index (κ1) is 28.1. The Hall–Kier alpha value is -5.42. The Morgan fingerprint density at radius 1 is 0.804 bits per heavy atom. The summed E-state index contributed by atoms with van der Waals surface area (Å²) in [4.78, 5) is 12.5. The number of para-hydroxylation sites is 1. The number of carbonyl (C=O) groups is 1. The van der Waals surface area contributed by atoms with Crippen LogP contribution >= 0.6 is 0 Å². The number of nitrogens with one attached hydrogen (secondary N) is 1. The average molecular weight is 604 g/mol. The van der Waals surface area contributed by atoms with Gasteiger partial charge in [0.15, 0.2) is 0 Å². The number of anilines is 1. The first-order valence-corrected chi connectivity index (χ1v) is 15.8. The average Bonchev–Trinajstić information content (AvgIpc) is 3.05. The van der Waals surface area contributed by atoms with Gasteiger partial charge in [-0.2, -0.15) is 4.58 Å². The number of hydrogen-bond donors (Lipinski definition) is 2. The molecule has 6 aromatic carbocycles. The van der Waals surface area contributed by atoms with Crippen LogP contribution in [0.1, 0.15) is 49.0 Å². The van der Waals surface area contributed by atoms with Crippen molar-refractivity contribution in [2.75, 3.05) is 12.4 Å². The van der Waals surface area contributed by atoms with Gasteiger partial charge in [0, 0.05) is 62.6 Å². The van der Waals surface area contributed by atoms with E-state index in [9.17, 15) is 9.90 Å². The molecule has 1 aliphatic rings. The highest BCUT2D eigenvalue weighted by atomic mass is 16.4. The number of carboxylic acid groups (broad SMARTS) is 1. The number of benzene rings is 6. The lowest BCUT2D eigenvalue weighted by atomic mass is 9.79. The molecule has 7 aromatic rings. The highest BCUT2D eigenvalue weighted by Crippen LogP contribution is 2.47. The molecule has 1 atom stereocenters. The second-order valence-corrected chi connectivity index (χ2v) is 13.2. The molecular formula is C41H35N2O3+. The highest BCUT2D eigenvalue weighted by molar-refractivity contribution is 6.21. The van der Waals surface area contributed by atoms with Crippen LogP contribution in [0, 0.1) is 0 Å². The van der Waals surface area contributed by atoms with E-state index >= 15 is 0 Å². The molecule has 0 saturated carbocycles. The molecule has 5 heteroatoms. The zero-order valence-electron chi connectivity index (χ0n) is 26.4. The zero-order chi connectivity index (χ0) is 31.7. The van der Waals surface area contributed by atoms with Crippen molar-refractivity contribution in [2.45, 2.75) is 38.6 Å². The third kappa shape index (κ3) is 4.38. The monoisotopic (exact) mass is 603 g/mol. The maximum Gasteiger partial charge on any atom is 0.336 e. The summed E-state index contributed by atoms with van der Waals surface area (Å²) >= 11 is 0. The molecule has 5 nitrogen and oxygen atoms in total. The summed E-state index contributed by atoms with van der Waals surface area (Å²) in [5.41, 5.74) is 6.89. The minimum absolute atomic E-state index is 0.0115. The van der Waals surface area contributed by atoms with Gasteiger partial charge in [0.25, 0.3) is 0 Å². The molecule has 46 heavy (non-hydrogen) atoms. The molecule has 0 aliphatic carbocycles. The van der Waals surface area contributed by atoms with Crippen molar-refractivity contribution in [1.29, 1.82) is 0 Å². The summed E-state index contributed by atoms with van der Waals surface area (Å²) in [7, 11) is 2.07. The van der Waals surface area contributed by atoms with Gasteiger partial charge in [-0.1, -0.05) is 55.5 Å². The van der Waals surface area contributed by atoms with Crippen LogP contribution in [0.4, 0.5) is 11.4 Å². The van der Waals surface area contributed by atoms with Gasteiger partial charge >= 0.3 is 5.97 Å². The Labute approximate surface area is 267 Å². The molecule has 0 spiro atoms. The molecule has 2 heterocycles. The molecule has 0 amide bonds. The number of carboxylic acids is 1. The number of fused-ring (bicyclic) bond motifs is 8. The molecule has 0 saturated heterocycles. The summed E-state index contributed by atoms with van der Waals surface area (Å²) < 4.78 is 9.18. The van der Waals surface area contributed by atoms with E-state index in [1.54, 1.807) is 12.1 Å². The van der Waals surface area contributed by atoms with Crippen LogP contribution in [0.25, 0.3) is 54.6 Å². The Balaban J connectivity index is 1.49. The van der Waals surface area contributed by atoms with E-state index in [0.29, 0.717) is 11.5 Å². The zero-order valence-corrected chi connectivity index (χ0v) is 26.4. The molecular weight excluding hydrogens is 568 g/mol. The third-order valence-corrected chi connectivity index (χ3v) is 9.63. The number of hydrogen-bond acceptors (Lipinski definition) is 3. The van der Waals surface area contributed by atoms with Crippen LogP contribution < -0.4 is 15.2 Å². The third-order valence-electron chi connectivity index (χ3n) is 9.63. The van der Waals surface area contributed by atoms with Crippen molar-refractivity contribution in [1.82, 2.24) is 4.58 Å². The minimum Gasteiger partial charge on any atom is -0.478 e. The van der Waals surface area contributed by atoms with E-state index < -0.39 is 5.97 Å². The largest absolute Gasteiger partial charge is 0.478 e. The second-order valence-electron chi connectivity index (χ2n) is 13.2. The summed E-state index contributed by atoms with van der Waals surface area (Å²) in [6.07, 6.45) is 1.02. The molecule has 226 valence electrons. The Bertz CT molecular complexity index is 2460. The highest BCUT2D eigenvalue weighted by Gasteiger charge is 2.31. The maximum absolute atomic E-state index is 12.5. The van der Waals surface area contributed by atoms with Crippen LogP contribution in [-0.2, 0) is 0 Å². The van der Waals surface area contributed by atoms with E-state index in [4.69, 9.17) is 4.42 Å². The maximum atomic E-state index is 12.5. The van der Waals surface area contributed by atoms with Crippen molar-refractivity contribution in [2.24, 2.45) is 0 Å². The van der Waals surface area contributed by atoms with E-state index in [1.165, 1.54) is 5.56 Å². The number of aromatic carboxylic acids is 1. The lowest BCUT2D eigenvalue weighted by Crippen LogP contribution is -2.36. The minimum atomic E-state index is -0.954. The van der Waals surface area contributed by atoms with E-state index in [-0.39, 0.29) is 11.1 Å². The predicted molar refractivity (Wildman–Crippen MR) is 189 cm³/mol. The van der Waals surface area contributed by atoms with Gasteiger partial charge in [-0.15, -0.1) is 0 Å². The van der Waals surface area contributed by atoms with Gasteiger partial charge in [0.2, 0.25) is 11.0 Å². The standard InChI is InChI=1S/C41H34N2O3/c1-24-23-41(2,3)42-35-21-20-31-30(36(24)35)18-19-34-37(29-12-8-9-13-32(29)40(44)45)33-16-14-25-22-27(43(4)26-10-6-5-7-11-26)15-17-28(25)38(33)46-39(31)34/h5-22,24H,23H2,1-4H3,(H,44,45)/p+1. The Morgan fingerprint density at radius 3 is 2.24 bits per heavy atom. The smallest absolute Gasteiger partial charge is 0.336 e. The van der Waals surface area contributed by atoms with Gasteiger partial charge in [-0.25, -0.2) is 4.79 Å². The van der Waals surface area contributed by atoms with Crippen molar-refractivity contribution < 1.29 is 14.3 Å². The van der Waals surface area contributed by atoms with Crippen molar-refractivity contribution in [3.8, 4) is 11.1 Å². The normalized spacial score (nSPS) is 16.4. The van der Waals surface area contributed by atoms with E-state index in [0.717, 1.165) is 72.2 Å². The quantitative estimate of drug-likeness (QED) is 0.120. The number of nitrogens with zero attached hydrogens (tertiary/aromatic N) is 1. The van der Waals surface area contributed by atoms with E-state index in [2.05, 4.69) is 104 Å². The second kappa shape index (κ2) is 10.3. The first-order chi connectivity index (χ1) is 22.2. The summed E-state index contributed by atoms with van der Waals surface area (Å²) in [5, 5.41) is 21.1. The molecule has 1 aliphatic heterocycles. The topological polar surface area (TPSA) is 65.5 Å². The lowest BCUT2D eigenvalue weighted by Gasteiger charge is -2.38. The molecule has 1 unspecified atom stereocenters. The molecule has 2 N–H and O–H groups in total. The van der Waals surface area contributed by atoms with Crippen molar-refractivity contribution in [3.63, 3.8) is 0 Å². The molecule has 0 bridgehead atoms. The first-order valence-electron chi connectivity index (χ1n) is 15.8. The van der Waals surface area contributed by atoms with E-state index in [1.807, 2.05) is 30.3 Å². The van der Waals surface area contributed by atoms with Gasteiger partial charge in [-0.3, -0.25) is 0 Å². The summed E-state index contributed by atoms with van der Waals surface area (Å²) in [6, 6.07) is 36.8. The van der Waals surface area contributed by atoms with Crippen LogP contribution in [0.5, 0.6) is 0 Å². The SMILES string of the molecule is CC1CC(C)(C)Nc2ccc3c(ccc4c(-c5ccccc5C(=O)O)c5ccc6cc(=[N+](C)c7ccccc7)ccc6c5oc43)c21. The van der Waals surface area contributed by atoms with Crippen LogP contribution in [-0.4, -0.2) is 23.7 Å². The summed E-state index contributed by atoms with van der Waals surface area (Å²) in [6.45, 7) is 6.80. The molecule has 0 radical (unpaired) electrons. The van der Waals surface area contributed by atoms with Gasteiger partial charge in [0.1, 0.15) is 18.2 Å². The van der Waals surface area contributed by atoms with Crippen LogP contribution in [0.2, 0.25) is 0 Å². The van der Waals surface area contributed by atoms with Gasteiger partial charge < -0.3 is 14.8 Å². The van der Waals surface area contributed by atoms with Crippen LogP contribution in [0.15, 0.2) is 114 Å². The Morgan fingerprint density at radius 2 is 1.46 bits per heavy atom. The fourth-order valence-electron chi connectivity index (χ4n) is 7.66. The van der Waals surface area contributed by atoms with Gasteiger partial charge in [0.05, 0.1) is 5.56 Å². The lowest BCUT2D eigenvalue weighted by molar-refractivity contribution is 0.0697. The fourth-order valence-corrected chi connectivity index (χ4v) is 7.66. The van der Waals surface area contributed by atoms with Crippen LogP contribution in [0.3, 0.4) is 0 Å². The predicted octanol–water partition coefficient (Wildman–Crippen LogP) is 9.69. The molecule has 0 fully saturated rings. The van der Waals surface area contributed by atoms with Crippen molar-refractivity contribution in [3.05, 3.63) is 126 Å². The number of rotatable bonds is 3. The Kier molecular flexibility index (Phi) is 6.30. The molecule has 1 aromatic heterocycles. The fraction of sp³-hybridized carbons (Fsp3) is 0.171. The molecule has 8 rings (SSSR count). The summed E-state index contributed by atoms with van der Waals surface area (Å²) in [5.74, 6) is -0.592. The van der Waals surface area contributed by atoms with Crippen molar-refractivity contribution >= 4 is 60.8 Å².